The van der Waals surface area contributed by atoms with Gasteiger partial charge in [-0.05, 0) is 50.1 Å². The Hall–Kier alpha value is -3.65. The maximum absolute atomic E-state index is 13.2. The highest BCUT2D eigenvalue weighted by molar-refractivity contribution is 6.31. The third-order valence-electron chi connectivity index (χ3n) is 7.53. The van der Waals surface area contributed by atoms with Gasteiger partial charge in [-0.25, -0.2) is 4.98 Å². The number of nitrogens with zero attached hydrogens (tertiary/aromatic N) is 3. The number of amides is 1. The first-order valence-corrected chi connectivity index (χ1v) is 14.1. The summed E-state index contributed by atoms with van der Waals surface area (Å²) in [5.41, 5.74) is 6.95. The van der Waals surface area contributed by atoms with Crippen molar-refractivity contribution in [2.24, 2.45) is 0 Å². The molecule has 3 aromatic carbocycles. The van der Waals surface area contributed by atoms with E-state index in [9.17, 15) is 9.90 Å². The van der Waals surface area contributed by atoms with E-state index in [1.165, 1.54) is 5.69 Å². The van der Waals surface area contributed by atoms with E-state index < -0.39 is 6.10 Å². The van der Waals surface area contributed by atoms with Gasteiger partial charge in [0.05, 0.1) is 6.10 Å². The monoisotopic (exact) mass is 557 g/mol. The number of nitrogens with one attached hydrogen (secondary N) is 2. The maximum atomic E-state index is 13.2. The Labute approximate surface area is 240 Å². The minimum Gasteiger partial charge on any atom is -0.391 e. The maximum Gasteiger partial charge on any atom is 0.276 e. The highest BCUT2D eigenvalue weighted by Crippen LogP contribution is 2.28. The van der Waals surface area contributed by atoms with Crippen LogP contribution in [0, 0.1) is 20.8 Å². The first kappa shape index (κ1) is 27.9. The number of benzene rings is 3. The number of hydrogen-bond acceptors (Lipinski definition) is 5. The Balaban J connectivity index is 1.21. The molecule has 1 amide bonds. The minimum absolute atomic E-state index is 0.275. The molecule has 8 heteroatoms. The summed E-state index contributed by atoms with van der Waals surface area (Å²) in [4.78, 5) is 25.7. The number of aliphatic hydroxyl groups excluding tert-OH is 1. The molecular formula is C32H36ClN5O2. The number of aromatic nitrogens is 2. The average molecular weight is 558 g/mol. The van der Waals surface area contributed by atoms with Crippen molar-refractivity contribution in [2.45, 2.75) is 33.3 Å². The largest absolute Gasteiger partial charge is 0.391 e. The molecule has 1 unspecified atom stereocenters. The minimum atomic E-state index is -0.561. The number of carbonyl (C=O) groups is 1. The lowest BCUT2D eigenvalue weighted by molar-refractivity contribution is 0.101. The SMILES string of the molecule is Cc1ccc(NC(=O)c2nc(-c3ccccc3)[nH]c2C)c(CC(O)CN2CCN(c3cccc(Cl)c3C)CC2)c1. The number of carbonyl (C=O) groups excluding carboxylic acids is 1. The van der Waals surface area contributed by atoms with E-state index >= 15 is 0 Å². The van der Waals surface area contributed by atoms with Crippen molar-refractivity contribution < 1.29 is 9.90 Å². The Morgan fingerprint density at radius 3 is 2.52 bits per heavy atom. The molecule has 0 spiro atoms. The fraction of sp³-hybridized carbons (Fsp3) is 0.312. The molecule has 1 fully saturated rings. The second-order valence-electron chi connectivity index (χ2n) is 10.6. The van der Waals surface area contributed by atoms with E-state index in [1.54, 1.807) is 0 Å². The van der Waals surface area contributed by atoms with Crippen molar-refractivity contribution in [2.75, 3.05) is 42.9 Å². The highest BCUT2D eigenvalue weighted by Gasteiger charge is 2.22. The van der Waals surface area contributed by atoms with Crippen LogP contribution in [0.4, 0.5) is 11.4 Å². The summed E-state index contributed by atoms with van der Waals surface area (Å²) in [6.07, 6.45) is -0.117. The third-order valence-corrected chi connectivity index (χ3v) is 7.94. The van der Waals surface area contributed by atoms with Crippen LogP contribution >= 0.6 is 11.6 Å². The van der Waals surface area contributed by atoms with Gasteiger partial charge in [0.25, 0.3) is 5.91 Å². The molecule has 0 aliphatic carbocycles. The van der Waals surface area contributed by atoms with Crippen molar-refractivity contribution in [1.82, 2.24) is 14.9 Å². The van der Waals surface area contributed by atoms with Crippen LogP contribution in [0.3, 0.4) is 0 Å². The zero-order chi connectivity index (χ0) is 28.2. The fourth-order valence-electron chi connectivity index (χ4n) is 5.34. The molecule has 0 saturated carbocycles. The Kier molecular flexibility index (Phi) is 8.54. The Bertz CT molecular complexity index is 1480. The second-order valence-corrected chi connectivity index (χ2v) is 11.0. The number of halogens is 1. The summed E-state index contributed by atoms with van der Waals surface area (Å²) < 4.78 is 0. The molecule has 5 rings (SSSR count). The predicted octanol–water partition coefficient (Wildman–Crippen LogP) is 5.63. The molecule has 7 nitrogen and oxygen atoms in total. The van der Waals surface area contributed by atoms with Crippen molar-refractivity contribution in [3.05, 3.63) is 99.8 Å². The zero-order valence-electron chi connectivity index (χ0n) is 23.2. The van der Waals surface area contributed by atoms with E-state index in [1.807, 2.05) is 74.5 Å². The van der Waals surface area contributed by atoms with Crippen molar-refractivity contribution in [3.8, 4) is 11.4 Å². The van der Waals surface area contributed by atoms with Crippen LogP contribution in [-0.2, 0) is 6.42 Å². The van der Waals surface area contributed by atoms with Crippen LogP contribution in [0.2, 0.25) is 5.02 Å². The summed E-state index contributed by atoms with van der Waals surface area (Å²) in [5.74, 6) is 0.386. The van der Waals surface area contributed by atoms with Crippen LogP contribution in [-0.4, -0.2) is 64.7 Å². The van der Waals surface area contributed by atoms with E-state index in [-0.39, 0.29) is 5.91 Å². The van der Waals surface area contributed by atoms with Gasteiger partial charge >= 0.3 is 0 Å². The summed E-state index contributed by atoms with van der Waals surface area (Å²) >= 11 is 6.33. The number of piperazine rings is 1. The van der Waals surface area contributed by atoms with Gasteiger partial charge in [-0.3, -0.25) is 9.69 Å². The number of hydrogen-bond donors (Lipinski definition) is 3. The molecule has 1 aliphatic rings. The summed E-state index contributed by atoms with van der Waals surface area (Å²) in [6, 6.07) is 21.7. The molecule has 4 aromatic rings. The molecule has 208 valence electrons. The number of β-amino-alcohol motifs (C(OH)–C–C–N with tert-alkyl or cyclic N) is 1. The molecular weight excluding hydrogens is 522 g/mol. The number of anilines is 2. The van der Waals surface area contributed by atoms with Gasteiger partial charge < -0.3 is 20.3 Å². The van der Waals surface area contributed by atoms with Gasteiger partial charge in [-0.1, -0.05) is 65.7 Å². The number of aliphatic hydroxyl groups is 1. The zero-order valence-corrected chi connectivity index (χ0v) is 24.0. The number of H-pyrrole nitrogens is 1. The van der Waals surface area contributed by atoms with E-state index in [4.69, 9.17) is 11.6 Å². The van der Waals surface area contributed by atoms with Crippen molar-refractivity contribution in [1.29, 1.82) is 0 Å². The lowest BCUT2D eigenvalue weighted by Crippen LogP contribution is -2.49. The molecule has 1 aliphatic heterocycles. The molecule has 40 heavy (non-hydrogen) atoms. The fourth-order valence-corrected chi connectivity index (χ4v) is 5.51. The van der Waals surface area contributed by atoms with Crippen LogP contribution in [0.1, 0.15) is 32.9 Å². The Morgan fingerprint density at radius 1 is 1.02 bits per heavy atom. The number of aromatic amines is 1. The average Bonchev–Trinajstić information content (AvgIpc) is 3.34. The predicted molar refractivity (Wildman–Crippen MR) is 162 cm³/mol. The summed E-state index contributed by atoms with van der Waals surface area (Å²) in [5, 5.41) is 14.9. The number of imidazole rings is 1. The molecule has 0 bridgehead atoms. The van der Waals surface area contributed by atoms with E-state index in [0.29, 0.717) is 35.9 Å². The van der Waals surface area contributed by atoms with Gasteiger partial charge in [0.15, 0.2) is 0 Å². The van der Waals surface area contributed by atoms with Crippen LogP contribution in [0.15, 0.2) is 66.7 Å². The lowest BCUT2D eigenvalue weighted by atomic mass is 10.0. The normalized spacial score (nSPS) is 14.8. The summed E-state index contributed by atoms with van der Waals surface area (Å²) in [6.45, 7) is 9.99. The van der Waals surface area contributed by atoms with E-state index in [0.717, 1.165) is 53.5 Å². The molecule has 1 aromatic heterocycles. The van der Waals surface area contributed by atoms with Crippen LogP contribution < -0.4 is 10.2 Å². The van der Waals surface area contributed by atoms with Gasteiger partial charge in [0.1, 0.15) is 11.5 Å². The number of aryl methyl sites for hydroxylation is 2. The third kappa shape index (κ3) is 6.39. The van der Waals surface area contributed by atoms with Gasteiger partial charge in [0.2, 0.25) is 0 Å². The van der Waals surface area contributed by atoms with Gasteiger partial charge in [-0.15, -0.1) is 0 Å². The van der Waals surface area contributed by atoms with Crippen molar-refractivity contribution >= 4 is 28.9 Å². The molecule has 3 N–H and O–H groups in total. The topological polar surface area (TPSA) is 84.5 Å². The van der Waals surface area contributed by atoms with Gasteiger partial charge in [0, 0.05) is 66.8 Å². The second kappa shape index (κ2) is 12.3. The smallest absolute Gasteiger partial charge is 0.276 e. The highest BCUT2D eigenvalue weighted by atomic mass is 35.5. The molecule has 2 heterocycles. The Morgan fingerprint density at radius 2 is 1.77 bits per heavy atom. The quantitative estimate of drug-likeness (QED) is 0.261. The molecule has 1 atom stereocenters. The number of rotatable bonds is 8. The molecule has 0 radical (unpaired) electrons. The first-order chi connectivity index (χ1) is 19.3. The standard InChI is InChI=1S/C32H36ClN5O2/c1-21-12-13-28(35-32(40)30-23(3)34-31(36-30)24-8-5-4-6-9-24)25(18-21)19-26(39)20-37-14-16-38(17-15-37)29-11-7-10-27(33)22(29)2/h4-13,18,26,39H,14-17,19-20H2,1-3H3,(H,34,36)(H,35,40). The van der Waals surface area contributed by atoms with Gasteiger partial charge in [-0.2, -0.15) is 0 Å². The lowest BCUT2D eigenvalue weighted by Gasteiger charge is -2.37. The van der Waals surface area contributed by atoms with E-state index in [2.05, 4.69) is 38.1 Å². The molecule has 1 saturated heterocycles. The first-order valence-electron chi connectivity index (χ1n) is 13.7. The summed E-state index contributed by atoms with van der Waals surface area (Å²) in [7, 11) is 0. The van der Waals surface area contributed by atoms with Crippen molar-refractivity contribution in [3.63, 3.8) is 0 Å². The van der Waals surface area contributed by atoms with Crippen LogP contribution in [0.5, 0.6) is 0 Å². The van der Waals surface area contributed by atoms with Crippen LogP contribution in [0.25, 0.3) is 11.4 Å².